The molecule has 0 N–H and O–H groups in total. The molecule has 1 saturated carbocycles. The van der Waals surface area contributed by atoms with Crippen LogP contribution in [0.25, 0.3) is 10.1 Å². The van der Waals surface area contributed by atoms with Crippen molar-refractivity contribution in [2.45, 2.75) is 64.0 Å². The Labute approximate surface area is 161 Å². The van der Waals surface area contributed by atoms with Gasteiger partial charge in [0.15, 0.2) is 0 Å². The van der Waals surface area contributed by atoms with Gasteiger partial charge in [0.1, 0.15) is 0 Å². The first-order chi connectivity index (χ1) is 12.6. The minimum atomic E-state index is 0.280. The van der Waals surface area contributed by atoms with Crippen LogP contribution in [-0.2, 0) is 11.2 Å². The number of carbonyl (C=O) groups is 1. The second-order valence-corrected chi connectivity index (χ2v) is 9.02. The van der Waals surface area contributed by atoms with Gasteiger partial charge in [-0.05, 0) is 68.1 Å². The zero-order chi connectivity index (χ0) is 18.1. The number of carbonyl (C=O) groups excluding carboxylic acids is 1. The normalized spacial score (nSPS) is 24.2. The summed E-state index contributed by atoms with van der Waals surface area (Å²) >= 11 is 1.75. The van der Waals surface area contributed by atoms with Crippen molar-refractivity contribution in [1.29, 1.82) is 0 Å². The summed E-state index contributed by atoms with van der Waals surface area (Å²) in [7, 11) is 2.04. The van der Waals surface area contributed by atoms with Crippen LogP contribution >= 0.6 is 11.3 Å². The van der Waals surface area contributed by atoms with E-state index in [0.717, 1.165) is 6.42 Å². The number of benzene rings is 1. The minimum Gasteiger partial charge on any atom is -0.341 e. The number of hydrogen-bond donors (Lipinski definition) is 0. The number of hydrogen-bond acceptors (Lipinski definition) is 3. The molecule has 0 radical (unpaired) electrons. The summed E-state index contributed by atoms with van der Waals surface area (Å²) in [5.74, 6) is 0.280. The number of thiophene rings is 1. The molecule has 4 heteroatoms. The lowest BCUT2D eigenvalue weighted by atomic mass is 9.88. The fraction of sp³-hybridized carbons (Fsp3) is 0.591. The number of fused-ring (bicyclic) bond motifs is 1. The van der Waals surface area contributed by atoms with E-state index in [9.17, 15) is 4.79 Å². The predicted octanol–water partition coefficient (Wildman–Crippen LogP) is 4.62. The number of aryl methyl sites for hydroxylation is 1. The van der Waals surface area contributed by atoms with Crippen LogP contribution in [0.2, 0.25) is 0 Å². The van der Waals surface area contributed by atoms with Crippen LogP contribution in [0.5, 0.6) is 0 Å². The Morgan fingerprint density at radius 3 is 2.77 bits per heavy atom. The zero-order valence-electron chi connectivity index (χ0n) is 16.0. The molecule has 140 valence electrons. The molecule has 2 atom stereocenters. The molecule has 1 aromatic carbocycles. The van der Waals surface area contributed by atoms with E-state index in [4.69, 9.17) is 0 Å². The Hall–Kier alpha value is -1.39. The molecule has 1 saturated heterocycles. The van der Waals surface area contributed by atoms with E-state index in [1.54, 1.807) is 11.3 Å². The molecule has 2 aliphatic rings. The zero-order valence-corrected chi connectivity index (χ0v) is 16.9. The monoisotopic (exact) mass is 370 g/mol. The average Bonchev–Trinajstić information content (AvgIpc) is 3.31. The highest BCUT2D eigenvalue weighted by atomic mass is 32.1. The Bertz CT molecular complexity index is 778. The maximum absolute atomic E-state index is 13.1. The van der Waals surface area contributed by atoms with E-state index >= 15 is 0 Å². The third-order valence-electron chi connectivity index (χ3n) is 6.35. The molecular formula is C22H30N2OS. The highest BCUT2D eigenvalue weighted by Gasteiger charge is 2.35. The van der Waals surface area contributed by atoms with Crippen molar-refractivity contribution in [3.63, 3.8) is 0 Å². The number of likely N-dealkylation sites (tertiary alicyclic amines) is 1. The highest BCUT2D eigenvalue weighted by molar-refractivity contribution is 7.17. The lowest BCUT2D eigenvalue weighted by molar-refractivity contribution is -0.133. The molecule has 2 unspecified atom stereocenters. The van der Waals surface area contributed by atoms with Gasteiger partial charge in [-0.3, -0.25) is 9.69 Å². The van der Waals surface area contributed by atoms with Crippen LogP contribution in [0.3, 0.4) is 0 Å². The summed E-state index contributed by atoms with van der Waals surface area (Å²) < 4.78 is 1.29. The maximum Gasteiger partial charge on any atom is 0.227 e. The van der Waals surface area contributed by atoms with Crippen molar-refractivity contribution in [1.82, 2.24) is 9.80 Å². The smallest absolute Gasteiger partial charge is 0.227 e. The number of amides is 1. The molecule has 26 heavy (non-hydrogen) atoms. The Morgan fingerprint density at radius 2 is 1.96 bits per heavy atom. The first-order valence-corrected chi connectivity index (χ1v) is 11.0. The van der Waals surface area contributed by atoms with Crippen molar-refractivity contribution in [3.8, 4) is 0 Å². The first kappa shape index (κ1) is 18.0. The minimum absolute atomic E-state index is 0.280. The third-order valence-corrected chi connectivity index (χ3v) is 7.36. The van der Waals surface area contributed by atoms with Crippen LogP contribution in [-0.4, -0.2) is 47.9 Å². The molecule has 4 rings (SSSR count). The largest absolute Gasteiger partial charge is 0.341 e. The van der Waals surface area contributed by atoms with Gasteiger partial charge in [-0.25, -0.2) is 0 Å². The SMILES string of the molecule is Cc1ccc2scc(CC(=O)N(C)C3CCCCC3N3CCCC3)c2c1. The molecule has 2 fully saturated rings. The molecule has 2 heterocycles. The second kappa shape index (κ2) is 7.69. The molecule has 3 nitrogen and oxygen atoms in total. The topological polar surface area (TPSA) is 23.6 Å². The fourth-order valence-electron chi connectivity index (χ4n) is 4.85. The van der Waals surface area contributed by atoms with E-state index in [2.05, 4.69) is 40.3 Å². The quantitative estimate of drug-likeness (QED) is 0.784. The molecule has 0 bridgehead atoms. The van der Waals surface area contributed by atoms with Crippen LogP contribution in [0.1, 0.15) is 49.7 Å². The lowest BCUT2D eigenvalue weighted by Crippen LogP contribution is -2.53. The van der Waals surface area contributed by atoms with Crippen molar-refractivity contribution >= 4 is 27.3 Å². The molecular weight excluding hydrogens is 340 g/mol. The molecule has 1 aromatic heterocycles. The average molecular weight is 371 g/mol. The summed E-state index contributed by atoms with van der Waals surface area (Å²) in [6, 6.07) is 7.52. The van der Waals surface area contributed by atoms with Gasteiger partial charge in [0, 0.05) is 23.8 Å². The molecule has 1 aliphatic heterocycles. The van der Waals surface area contributed by atoms with Gasteiger partial charge in [-0.15, -0.1) is 11.3 Å². The van der Waals surface area contributed by atoms with Gasteiger partial charge in [-0.2, -0.15) is 0 Å². The molecule has 1 amide bonds. The van der Waals surface area contributed by atoms with E-state index < -0.39 is 0 Å². The Kier molecular flexibility index (Phi) is 5.32. The van der Waals surface area contributed by atoms with Gasteiger partial charge < -0.3 is 4.90 Å². The van der Waals surface area contributed by atoms with Gasteiger partial charge in [0.2, 0.25) is 5.91 Å². The predicted molar refractivity (Wildman–Crippen MR) is 110 cm³/mol. The van der Waals surface area contributed by atoms with E-state index in [1.807, 2.05) is 7.05 Å². The van der Waals surface area contributed by atoms with Crippen molar-refractivity contribution < 1.29 is 4.79 Å². The Morgan fingerprint density at radius 1 is 1.19 bits per heavy atom. The number of nitrogens with zero attached hydrogens (tertiary/aromatic N) is 2. The summed E-state index contributed by atoms with van der Waals surface area (Å²) in [6.07, 6.45) is 8.16. The van der Waals surface area contributed by atoms with Gasteiger partial charge >= 0.3 is 0 Å². The van der Waals surface area contributed by atoms with Crippen LogP contribution in [0, 0.1) is 6.92 Å². The summed E-state index contributed by atoms with van der Waals surface area (Å²) in [5, 5.41) is 3.44. The van der Waals surface area contributed by atoms with E-state index in [0.29, 0.717) is 18.5 Å². The maximum atomic E-state index is 13.1. The van der Waals surface area contributed by atoms with Crippen LogP contribution in [0.4, 0.5) is 0 Å². The fourth-order valence-corrected chi connectivity index (χ4v) is 5.79. The Balaban J connectivity index is 1.50. The van der Waals surface area contributed by atoms with Crippen molar-refractivity contribution in [2.75, 3.05) is 20.1 Å². The van der Waals surface area contributed by atoms with E-state index in [-0.39, 0.29) is 5.91 Å². The summed E-state index contributed by atoms with van der Waals surface area (Å²) in [5.41, 5.74) is 2.46. The van der Waals surface area contributed by atoms with Gasteiger partial charge in [-0.1, -0.05) is 30.5 Å². The lowest BCUT2D eigenvalue weighted by Gasteiger charge is -2.42. The van der Waals surface area contributed by atoms with Crippen LogP contribution in [0.15, 0.2) is 23.6 Å². The standard InChI is InChI=1S/C22H30N2OS/c1-16-9-10-21-18(13-16)17(15-26-21)14-22(25)23(2)19-7-3-4-8-20(19)24-11-5-6-12-24/h9-10,13,15,19-20H,3-8,11-12,14H2,1-2H3. The first-order valence-electron chi connectivity index (χ1n) is 10.1. The number of rotatable bonds is 4. The van der Waals surface area contributed by atoms with E-state index in [1.165, 1.54) is 66.4 Å². The molecule has 1 aliphatic carbocycles. The molecule has 0 spiro atoms. The van der Waals surface area contributed by atoms with Crippen LogP contribution < -0.4 is 0 Å². The second-order valence-electron chi connectivity index (χ2n) is 8.10. The van der Waals surface area contributed by atoms with Crippen molar-refractivity contribution in [2.24, 2.45) is 0 Å². The van der Waals surface area contributed by atoms with Gasteiger partial charge in [0.05, 0.1) is 6.42 Å². The molecule has 2 aromatic rings. The highest BCUT2D eigenvalue weighted by Crippen LogP contribution is 2.31. The summed E-state index contributed by atoms with van der Waals surface area (Å²) in [4.78, 5) is 17.8. The third kappa shape index (κ3) is 3.54. The number of likely N-dealkylation sites (N-methyl/N-ethyl adjacent to an activating group) is 1. The van der Waals surface area contributed by atoms with Crippen molar-refractivity contribution in [3.05, 3.63) is 34.7 Å². The summed E-state index contributed by atoms with van der Waals surface area (Å²) in [6.45, 7) is 4.56. The van der Waals surface area contributed by atoms with Gasteiger partial charge in [0.25, 0.3) is 0 Å².